The lowest BCUT2D eigenvalue weighted by Crippen LogP contribution is -2.36. The van der Waals surface area contributed by atoms with E-state index >= 15 is 0 Å². The molecule has 0 saturated carbocycles. The van der Waals surface area contributed by atoms with Crippen LogP contribution in [-0.2, 0) is 45.8 Å². The van der Waals surface area contributed by atoms with Gasteiger partial charge in [0.1, 0.15) is 85.7 Å². The number of ether oxygens (including phenoxy) is 7. The zero-order chi connectivity index (χ0) is 109. The largest absolute Gasteiger partial charge is 0.494 e. The van der Waals surface area contributed by atoms with Crippen molar-refractivity contribution in [1.29, 1.82) is 0 Å². The first-order valence-electron chi connectivity index (χ1n) is 46.1. The number of hydrogen-bond acceptors (Lipinski definition) is 19. The summed E-state index contributed by atoms with van der Waals surface area (Å²) in [6, 6.07) is 56.1. The molecule has 786 valence electrons. The van der Waals surface area contributed by atoms with E-state index in [0.717, 1.165) is 120 Å². The van der Waals surface area contributed by atoms with E-state index in [9.17, 15) is 86.4 Å². The van der Waals surface area contributed by atoms with Crippen LogP contribution < -0.4 is 95.4 Å². The van der Waals surface area contributed by atoms with E-state index in [1.807, 2.05) is 199 Å². The van der Waals surface area contributed by atoms with Crippen LogP contribution in [0.25, 0.3) is 0 Å². The lowest BCUT2D eigenvalue weighted by Gasteiger charge is -2.20. The number of nitrogens with zero attached hydrogens (tertiary/aromatic N) is 6. The number of urea groups is 6. The van der Waals surface area contributed by atoms with Crippen molar-refractivity contribution in [2.45, 2.75) is 162 Å². The van der Waals surface area contributed by atoms with E-state index in [4.69, 9.17) is 44.8 Å². The molecule has 31 nitrogen and oxygen atoms in total. The second-order valence-electron chi connectivity index (χ2n) is 33.9. The van der Waals surface area contributed by atoms with Crippen molar-refractivity contribution in [3.8, 4) is 40.2 Å². The number of rotatable bonds is 28. The molecule has 0 radical (unpaired) electrons. The third-order valence-corrected chi connectivity index (χ3v) is 22.3. The Morgan fingerprint density at radius 1 is 0.306 bits per heavy atom. The number of alkyl halides is 5. The average molecular weight is 2060 g/mol. The lowest BCUT2D eigenvalue weighted by atomic mass is 10.00. The van der Waals surface area contributed by atoms with Crippen molar-refractivity contribution < 1.29 is 120 Å². The van der Waals surface area contributed by atoms with Crippen LogP contribution >= 0.6 is 11.6 Å². The zero-order valence-corrected chi connectivity index (χ0v) is 86.5. The highest BCUT2D eigenvalue weighted by Crippen LogP contribution is 2.38. The van der Waals surface area contributed by atoms with Gasteiger partial charge in [-0.1, -0.05) is 162 Å². The Morgan fingerprint density at radius 2 is 0.571 bits per heavy atom. The van der Waals surface area contributed by atoms with Crippen LogP contribution in [0.5, 0.6) is 40.2 Å². The molecule has 0 saturated heterocycles. The predicted molar refractivity (Wildman–Crippen MR) is 553 cm³/mol. The quantitative estimate of drug-likeness (QED) is 0.0123. The van der Waals surface area contributed by atoms with Crippen molar-refractivity contribution in [3.63, 3.8) is 0 Å². The maximum absolute atomic E-state index is 13.4. The number of nitrogens with one attached hydrogen (secondary N) is 6. The molecule has 12 aromatic rings. The summed E-state index contributed by atoms with van der Waals surface area (Å²) in [7, 11) is 8.38. The van der Waals surface area contributed by atoms with E-state index in [1.165, 1.54) is 78.2 Å². The third-order valence-electron chi connectivity index (χ3n) is 22.1. The first kappa shape index (κ1) is 118. The van der Waals surface area contributed by atoms with Crippen LogP contribution in [0.3, 0.4) is 0 Å². The molecule has 147 heavy (non-hydrogen) atoms. The summed E-state index contributed by atoms with van der Waals surface area (Å²) in [6.45, 7) is 30.4. The molecular weight excluding hydrogens is 1930 g/mol. The Morgan fingerprint density at radius 3 is 0.871 bits per heavy atom. The number of halogens is 7. The Balaban J connectivity index is 0.000000239. The maximum Gasteiger partial charge on any atom is 0.416 e. The number of carbonyl (C=O) groups is 6. The second kappa shape index (κ2) is 56.7. The molecule has 12 aromatic carbocycles. The minimum absolute atomic E-state index is 0.0194. The summed E-state index contributed by atoms with van der Waals surface area (Å²) in [5.41, 5.74) is 16.3. The van der Waals surface area contributed by atoms with Gasteiger partial charge in [-0.05, 0) is 244 Å². The Kier molecular flexibility index (Phi) is 45.7. The number of hydrogen-bond donors (Lipinski definition) is 12. The van der Waals surface area contributed by atoms with Gasteiger partial charge in [-0.2, -0.15) is 43.6 Å². The first-order valence-corrected chi connectivity index (χ1v) is 46.5. The number of anilines is 6. The Labute approximate surface area is 856 Å². The van der Waals surface area contributed by atoms with Gasteiger partial charge in [0.25, 0.3) is 6.43 Å². The van der Waals surface area contributed by atoms with Gasteiger partial charge in [0.05, 0.1) is 46.3 Å². The molecule has 0 heterocycles. The second-order valence-corrected chi connectivity index (χ2v) is 34.3. The standard InChI is InChI=1S/C20H26N2O3.C19H24N2O4.C18H19F3N2O3.C18H20F2N2O3.C17H19ClN2O3.C17H19FN2O3/c1-13(2)16-7-8-17(18(11-16)22(24)20(23)21-5)12-25-19-9-6-14(3)10-15(19)4;1-5-24-16-7-8-17(21(23)19(22)20-4)15(11-16)12-25-18-9-6-13(2)10-14(18)3;1-11-4-7-16(12(2)8-11)26-10-13-9-14(18(19,20)21)5-6-15(13)23(25)17(24)22-3;1-11-4-7-16(12(2)8-11)25-10-14-9-13(17(19)20)5-6-15(14)22(24)18(23)21-3;2*1-11-4-7-16(12(2)8-11)23-10-13-5-6-14(18)9-15(13)20(22)17(21)19-3/h6-11,13,24H,12H2,1-5H3,(H,21,23);6-11,23H,5,12H2,1-4H3,(H,20,22);4-9,25H,10H2,1-3H3,(H,22,24);4-9,17,24H,10H2,1-3H3,(H,21,23);2*4-9,22H,10H2,1-3H3,(H,19,21). The van der Waals surface area contributed by atoms with Gasteiger partial charge >= 0.3 is 42.4 Å². The molecular formula is C109H127ClF6N12O19. The highest BCUT2D eigenvalue weighted by molar-refractivity contribution is 6.31. The molecule has 38 heteroatoms. The predicted octanol–water partition coefficient (Wildman–Crippen LogP) is 24.8. The fourth-order valence-electron chi connectivity index (χ4n) is 14.3. The zero-order valence-electron chi connectivity index (χ0n) is 85.7. The van der Waals surface area contributed by atoms with E-state index in [0.29, 0.717) is 88.0 Å². The molecule has 0 aliphatic heterocycles. The summed E-state index contributed by atoms with van der Waals surface area (Å²) >= 11 is 5.96. The van der Waals surface area contributed by atoms with Gasteiger partial charge in [-0.25, -0.2) is 41.9 Å². The van der Waals surface area contributed by atoms with Crippen molar-refractivity contribution in [3.05, 3.63) is 346 Å². The van der Waals surface area contributed by atoms with E-state index < -0.39 is 60.2 Å². The van der Waals surface area contributed by atoms with E-state index in [1.54, 1.807) is 42.5 Å². The number of benzene rings is 12. The molecule has 0 atom stereocenters. The minimum Gasteiger partial charge on any atom is -0.494 e. The third kappa shape index (κ3) is 35.2. The highest BCUT2D eigenvalue weighted by Gasteiger charge is 2.33. The highest BCUT2D eigenvalue weighted by atomic mass is 35.5. The molecule has 12 amide bonds. The van der Waals surface area contributed by atoms with Gasteiger partial charge in [0.15, 0.2) is 0 Å². The summed E-state index contributed by atoms with van der Waals surface area (Å²) in [4.78, 5) is 70.0. The van der Waals surface area contributed by atoms with Gasteiger partial charge < -0.3 is 65.1 Å². The molecule has 0 unspecified atom stereocenters. The van der Waals surface area contributed by atoms with E-state index in [2.05, 4.69) is 51.8 Å². The molecule has 0 aromatic heterocycles. The summed E-state index contributed by atoms with van der Waals surface area (Å²) in [5, 5.41) is 77.1. The molecule has 0 aliphatic carbocycles. The van der Waals surface area contributed by atoms with Crippen LogP contribution in [0, 0.1) is 88.9 Å². The molecule has 0 fully saturated rings. The van der Waals surface area contributed by atoms with Crippen LogP contribution in [0.15, 0.2) is 218 Å². The van der Waals surface area contributed by atoms with Gasteiger partial charge in [0, 0.05) is 92.3 Å². The SMILES string of the molecule is CCOc1ccc(N(O)C(=O)NC)c(COc2ccc(C)cc2C)c1.CNC(=O)N(O)c1cc(C(C)C)ccc1COc1ccc(C)cc1C.CNC(=O)N(O)c1cc(Cl)ccc1COc1ccc(C)cc1C.CNC(=O)N(O)c1cc(F)ccc1COc1ccc(C)cc1C.CNC(=O)N(O)c1ccc(C(F)(F)F)cc1COc1ccc(C)cc1C.CNC(=O)N(O)c1ccc(C(F)F)cc1COc1ccc(C)cc1C. The topological polar surface area (TPSA) is 380 Å². The number of amides is 12. The monoisotopic (exact) mass is 2060 g/mol. The molecule has 0 bridgehead atoms. The maximum atomic E-state index is 13.4. The van der Waals surface area contributed by atoms with Crippen LogP contribution in [0.1, 0.15) is 150 Å². The van der Waals surface area contributed by atoms with Crippen molar-refractivity contribution >= 4 is 81.9 Å². The molecule has 0 aliphatic rings. The smallest absolute Gasteiger partial charge is 0.416 e. The Hall–Kier alpha value is -15.5. The summed E-state index contributed by atoms with van der Waals surface area (Å²) in [5.74, 6) is 4.46. The molecule has 12 rings (SSSR count). The van der Waals surface area contributed by atoms with Crippen LogP contribution in [0.4, 0.5) is 89.2 Å². The number of carbonyl (C=O) groups excluding carboxylic acids is 6. The van der Waals surface area contributed by atoms with Crippen molar-refractivity contribution in [2.24, 2.45) is 0 Å². The van der Waals surface area contributed by atoms with Crippen molar-refractivity contribution in [2.75, 3.05) is 79.3 Å². The molecule has 0 spiro atoms. The van der Waals surface area contributed by atoms with Gasteiger partial charge in [-0.15, -0.1) is 0 Å². The lowest BCUT2D eigenvalue weighted by molar-refractivity contribution is -0.137. The minimum atomic E-state index is -4.56. The first-order chi connectivity index (χ1) is 69.6. The fourth-order valence-corrected chi connectivity index (χ4v) is 14.4. The normalized spacial score (nSPS) is 10.6. The van der Waals surface area contributed by atoms with E-state index in [-0.39, 0.29) is 90.1 Å². The Bertz CT molecular complexity index is 6380. The summed E-state index contributed by atoms with van der Waals surface area (Å²) in [6.07, 6.45) is -7.22. The average Bonchev–Trinajstić information content (AvgIpc) is 0.805. The van der Waals surface area contributed by atoms with Gasteiger partial charge in [0.2, 0.25) is 0 Å². The molecule has 12 N–H and O–H groups in total. The van der Waals surface area contributed by atoms with Crippen LogP contribution in [-0.4, -0.2) is 116 Å². The number of hydroxylamine groups is 6. The van der Waals surface area contributed by atoms with Crippen LogP contribution in [0.2, 0.25) is 5.02 Å². The van der Waals surface area contributed by atoms with Crippen molar-refractivity contribution in [1.82, 2.24) is 31.9 Å². The summed E-state index contributed by atoms with van der Waals surface area (Å²) < 4.78 is 119. The fraction of sp³-hybridized carbons (Fsp3) is 0.284. The van der Waals surface area contributed by atoms with Gasteiger partial charge in [-0.3, -0.25) is 31.2 Å². The number of aryl methyl sites for hydroxylation is 12.